The highest BCUT2D eigenvalue weighted by atomic mass is 16.5. The molecule has 6 rings (SSSR count). The molecule has 0 amide bonds. The van der Waals surface area contributed by atoms with Crippen LogP contribution in [0.1, 0.15) is 16.7 Å². The zero-order chi connectivity index (χ0) is 23.2. The Bertz CT molecular complexity index is 1740. The number of rotatable bonds is 5. The standard InChI is InChI=1S/C27H23N5O2/c1-31-24-13-17(12-18-6-3-4-9-25(18)34-2)10-11-20(24)22-15-29-32(27(33)26(22)31)16-19-7-5-8-23-21(19)14-28-30-23/h3-11,13-15H,12,16H2,1-2H3,(H,28,30). The maximum absolute atomic E-state index is 13.5. The van der Waals surface area contributed by atoms with Crippen LogP contribution in [-0.2, 0) is 20.0 Å². The fourth-order valence-electron chi connectivity index (χ4n) is 4.82. The number of methoxy groups -OCH3 is 1. The van der Waals surface area contributed by atoms with Crippen LogP contribution in [0.2, 0.25) is 0 Å². The number of para-hydroxylation sites is 1. The molecule has 34 heavy (non-hydrogen) atoms. The summed E-state index contributed by atoms with van der Waals surface area (Å²) >= 11 is 0. The second-order valence-electron chi connectivity index (χ2n) is 8.52. The summed E-state index contributed by atoms with van der Waals surface area (Å²) in [5.74, 6) is 0.874. The van der Waals surface area contributed by atoms with Gasteiger partial charge in [0.15, 0.2) is 0 Å². The third-order valence-electron chi connectivity index (χ3n) is 6.55. The van der Waals surface area contributed by atoms with Gasteiger partial charge in [0, 0.05) is 35.1 Å². The molecule has 0 saturated heterocycles. The maximum atomic E-state index is 13.5. The van der Waals surface area contributed by atoms with Crippen LogP contribution in [0.5, 0.6) is 5.75 Å². The summed E-state index contributed by atoms with van der Waals surface area (Å²) in [5, 5.41) is 14.5. The topological polar surface area (TPSA) is 77.7 Å². The van der Waals surface area contributed by atoms with Gasteiger partial charge in [0.05, 0.1) is 31.6 Å². The third-order valence-corrected chi connectivity index (χ3v) is 6.55. The first-order valence-corrected chi connectivity index (χ1v) is 11.1. The molecule has 0 aliphatic rings. The van der Waals surface area contributed by atoms with Crippen molar-refractivity contribution in [2.45, 2.75) is 13.0 Å². The monoisotopic (exact) mass is 449 g/mol. The van der Waals surface area contributed by atoms with Gasteiger partial charge in [0.2, 0.25) is 0 Å². The highest BCUT2D eigenvalue weighted by molar-refractivity contribution is 6.07. The Morgan fingerprint density at radius 2 is 1.79 bits per heavy atom. The minimum Gasteiger partial charge on any atom is -0.496 e. The van der Waals surface area contributed by atoms with E-state index >= 15 is 0 Å². The Labute approximate surface area is 195 Å². The van der Waals surface area contributed by atoms with Crippen LogP contribution in [0.15, 0.2) is 77.9 Å². The van der Waals surface area contributed by atoms with Gasteiger partial charge in [-0.2, -0.15) is 10.2 Å². The molecule has 3 aromatic carbocycles. The third kappa shape index (κ3) is 3.16. The molecule has 3 heterocycles. The zero-order valence-corrected chi connectivity index (χ0v) is 18.9. The molecule has 0 fully saturated rings. The van der Waals surface area contributed by atoms with Gasteiger partial charge < -0.3 is 9.30 Å². The van der Waals surface area contributed by atoms with Crippen LogP contribution in [-0.4, -0.2) is 31.7 Å². The number of H-pyrrole nitrogens is 1. The van der Waals surface area contributed by atoms with Gasteiger partial charge in [-0.25, -0.2) is 4.68 Å². The fourth-order valence-corrected chi connectivity index (χ4v) is 4.82. The smallest absolute Gasteiger partial charge is 0.291 e. The van der Waals surface area contributed by atoms with Crippen molar-refractivity contribution in [3.05, 3.63) is 100 Å². The molecule has 0 atom stereocenters. The van der Waals surface area contributed by atoms with E-state index < -0.39 is 0 Å². The molecule has 0 saturated carbocycles. The van der Waals surface area contributed by atoms with Crippen molar-refractivity contribution in [2.75, 3.05) is 7.11 Å². The molecule has 6 aromatic rings. The molecule has 0 radical (unpaired) electrons. The van der Waals surface area contributed by atoms with E-state index in [1.165, 1.54) is 4.68 Å². The molecular formula is C27H23N5O2. The number of fused-ring (bicyclic) bond motifs is 4. The van der Waals surface area contributed by atoms with Gasteiger partial charge in [-0.05, 0) is 34.9 Å². The van der Waals surface area contributed by atoms with Gasteiger partial charge in [0.1, 0.15) is 11.3 Å². The molecule has 0 spiro atoms. The van der Waals surface area contributed by atoms with Crippen LogP contribution < -0.4 is 10.3 Å². The average molecular weight is 450 g/mol. The van der Waals surface area contributed by atoms with E-state index in [0.717, 1.165) is 56.1 Å². The predicted octanol–water partition coefficient (Wildman–Crippen LogP) is 4.41. The van der Waals surface area contributed by atoms with Crippen molar-refractivity contribution in [1.82, 2.24) is 24.5 Å². The van der Waals surface area contributed by atoms with E-state index in [1.807, 2.05) is 48.0 Å². The Hall–Kier alpha value is -4.39. The van der Waals surface area contributed by atoms with Gasteiger partial charge in [0.25, 0.3) is 5.56 Å². The van der Waals surface area contributed by atoms with Crippen molar-refractivity contribution in [2.24, 2.45) is 7.05 Å². The summed E-state index contributed by atoms with van der Waals surface area (Å²) in [7, 11) is 3.64. The quantitative estimate of drug-likeness (QED) is 0.423. The fraction of sp³-hybridized carbons (Fsp3) is 0.148. The lowest BCUT2D eigenvalue weighted by Gasteiger charge is -2.08. The summed E-state index contributed by atoms with van der Waals surface area (Å²) in [4.78, 5) is 13.5. The Balaban J connectivity index is 1.44. The molecule has 3 aromatic heterocycles. The summed E-state index contributed by atoms with van der Waals surface area (Å²) in [5.41, 5.74) is 5.78. The Kier molecular flexibility index (Phi) is 4.69. The molecule has 0 bridgehead atoms. The Morgan fingerprint density at radius 1 is 0.941 bits per heavy atom. The predicted molar refractivity (Wildman–Crippen MR) is 133 cm³/mol. The van der Waals surface area contributed by atoms with Crippen molar-refractivity contribution in [3.8, 4) is 5.75 Å². The molecule has 0 aliphatic heterocycles. The summed E-state index contributed by atoms with van der Waals surface area (Å²) in [6, 6.07) is 20.3. The number of aromatic nitrogens is 5. The van der Waals surface area contributed by atoms with E-state index in [0.29, 0.717) is 12.1 Å². The lowest BCUT2D eigenvalue weighted by atomic mass is 10.0. The molecular weight excluding hydrogens is 426 g/mol. The summed E-state index contributed by atoms with van der Waals surface area (Å²) < 4.78 is 9.02. The first-order valence-electron chi connectivity index (χ1n) is 11.1. The van der Waals surface area contributed by atoms with E-state index in [9.17, 15) is 4.79 Å². The molecule has 7 heteroatoms. The lowest BCUT2D eigenvalue weighted by Crippen LogP contribution is -2.24. The number of nitrogens with one attached hydrogen (secondary N) is 1. The summed E-state index contributed by atoms with van der Waals surface area (Å²) in [6.45, 7) is 0.381. The summed E-state index contributed by atoms with van der Waals surface area (Å²) in [6.07, 6.45) is 4.33. The van der Waals surface area contributed by atoms with Crippen LogP contribution in [0, 0.1) is 0 Å². The minimum atomic E-state index is -0.108. The number of hydrogen-bond acceptors (Lipinski definition) is 4. The Morgan fingerprint density at radius 3 is 2.68 bits per heavy atom. The van der Waals surface area contributed by atoms with Crippen LogP contribution >= 0.6 is 0 Å². The number of aryl methyl sites for hydroxylation is 1. The zero-order valence-electron chi connectivity index (χ0n) is 18.9. The van der Waals surface area contributed by atoms with Crippen LogP contribution in [0.25, 0.3) is 32.7 Å². The van der Waals surface area contributed by atoms with E-state index in [2.05, 4.69) is 39.6 Å². The van der Waals surface area contributed by atoms with Gasteiger partial charge >= 0.3 is 0 Å². The maximum Gasteiger partial charge on any atom is 0.291 e. The van der Waals surface area contributed by atoms with Crippen molar-refractivity contribution in [1.29, 1.82) is 0 Å². The first-order chi connectivity index (χ1) is 16.6. The van der Waals surface area contributed by atoms with E-state index in [-0.39, 0.29) is 5.56 Å². The van der Waals surface area contributed by atoms with Crippen LogP contribution in [0.4, 0.5) is 0 Å². The van der Waals surface area contributed by atoms with Crippen molar-refractivity contribution >= 4 is 32.7 Å². The first kappa shape index (κ1) is 20.2. The SMILES string of the molecule is COc1ccccc1Cc1ccc2c3cnn(Cc4cccc5[nH]ncc45)c(=O)c3n(C)c2c1. The molecule has 168 valence electrons. The highest BCUT2D eigenvalue weighted by Crippen LogP contribution is 2.28. The second kappa shape index (κ2) is 7.88. The number of nitrogens with zero attached hydrogens (tertiary/aromatic N) is 4. The highest BCUT2D eigenvalue weighted by Gasteiger charge is 2.16. The second-order valence-corrected chi connectivity index (χ2v) is 8.52. The van der Waals surface area contributed by atoms with E-state index in [4.69, 9.17) is 4.74 Å². The average Bonchev–Trinajstić information content (AvgIpc) is 3.45. The van der Waals surface area contributed by atoms with Gasteiger partial charge in [-0.1, -0.05) is 42.5 Å². The number of hydrogen-bond donors (Lipinski definition) is 1. The molecule has 0 unspecified atom stereocenters. The molecule has 0 aliphatic carbocycles. The molecule has 7 nitrogen and oxygen atoms in total. The van der Waals surface area contributed by atoms with E-state index in [1.54, 1.807) is 19.5 Å². The largest absolute Gasteiger partial charge is 0.496 e. The van der Waals surface area contributed by atoms with Crippen LogP contribution in [0.3, 0.4) is 0 Å². The number of aromatic amines is 1. The lowest BCUT2D eigenvalue weighted by molar-refractivity contribution is 0.410. The van der Waals surface area contributed by atoms with Crippen molar-refractivity contribution in [3.63, 3.8) is 0 Å². The van der Waals surface area contributed by atoms with Gasteiger partial charge in [-0.15, -0.1) is 0 Å². The van der Waals surface area contributed by atoms with Crippen molar-refractivity contribution < 1.29 is 4.74 Å². The minimum absolute atomic E-state index is 0.108. The number of benzene rings is 3. The normalized spacial score (nSPS) is 11.6. The number of ether oxygens (including phenoxy) is 1. The molecule has 1 N–H and O–H groups in total. The van der Waals surface area contributed by atoms with Gasteiger partial charge in [-0.3, -0.25) is 9.89 Å².